The highest BCUT2D eigenvalue weighted by Crippen LogP contribution is 2.26. The molecule has 0 fully saturated rings. The van der Waals surface area contributed by atoms with Gasteiger partial charge in [-0.3, -0.25) is 9.48 Å². The minimum atomic E-state index is -0.154. The van der Waals surface area contributed by atoms with Crippen LogP contribution in [0.1, 0.15) is 21.6 Å². The van der Waals surface area contributed by atoms with Gasteiger partial charge in [-0.2, -0.15) is 5.10 Å². The summed E-state index contributed by atoms with van der Waals surface area (Å²) in [5.74, 6) is 1.24. The van der Waals surface area contributed by atoms with Crippen LogP contribution in [0.2, 0.25) is 0 Å². The maximum Gasteiger partial charge on any atom is 0.256 e. The van der Waals surface area contributed by atoms with Gasteiger partial charge < -0.3 is 5.32 Å². The molecular weight excluding hydrogens is 328 g/mol. The van der Waals surface area contributed by atoms with E-state index in [-0.39, 0.29) is 5.91 Å². The predicted molar refractivity (Wildman–Crippen MR) is 94.0 cm³/mol. The predicted octanol–water partition coefficient (Wildman–Crippen LogP) is 3.73. The van der Waals surface area contributed by atoms with E-state index in [4.69, 9.17) is 0 Å². The Morgan fingerprint density at radius 3 is 2.70 bits per heavy atom. The molecule has 2 heterocycles. The van der Waals surface area contributed by atoms with Crippen LogP contribution in [-0.4, -0.2) is 20.7 Å². The van der Waals surface area contributed by atoms with Crippen LogP contribution >= 0.6 is 23.1 Å². The zero-order chi connectivity index (χ0) is 16.2. The molecule has 118 valence electrons. The van der Waals surface area contributed by atoms with Crippen molar-refractivity contribution in [3.63, 3.8) is 0 Å². The van der Waals surface area contributed by atoms with Gasteiger partial charge in [0.25, 0.3) is 5.91 Å². The summed E-state index contributed by atoms with van der Waals surface area (Å²) < 4.78 is 2.72. The van der Waals surface area contributed by atoms with Crippen molar-refractivity contribution in [2.45, 2.75) is 17.0 Å². The highest BCUT2D eigenvalue weighted by Gasteiger charge is 2.08. The van der Waals surface area contributed by atoms with Crippen molar-refractivity contribution in [1.82, 2.24) is 14.8 Å². The standard InChI is InChI=1S/C16H16N4OS2/c1-11-9-22-16(17-11)23-10-12-3-5-13(6-4-12)15(21)18-14-7-8-20(2)19-14/h3-9H,10H2,1-2H3,(H,18,19,21). The van der Waals surface area contributed by atoms with E-state index in [1.165, 1.54) is 0 Å². The quantitative estimate of drug-likeness (QED) is 0.717. The first-order chi connectivity index (χ1) is 11.1. The number of hydrogen-bond donors (Lipinski definition) is 1. The molecule has 5 nitrogen and oxygen atoms in total. The molecule has 0 unspecified atom stereocenters. The molecule has 0 saturated heterocycles. The summed E-state index contributed by atoms with van der Waals surface area (Å²) in [5.41, 5.74) is 2.84. The number of amides is 1. The molecule has 0 aliphatic heterocycles. The third-order valence-electron chi connectivity index (χ3n) is 3.13. The van der Waals surface area contributed by atoms with Gasteiger partial charge in [0.2, 0.25) is 0 Å². The molecule has 0 atom stereocenters. The fourth-order valence-electron chi connectivity index (χ4n) is 1.97. The van der Waals surface area contributed by atoms with Gasteiger partial charge in [0.05, 0.1) is 0 Å². The van der Waals surface area contributed by atoms with E-state index in [0.29, 0.717) is 11.4 Å². The van der Waals surface area contributed by atoms with Gasteiger partial charge in [0, 0.05) is 41.7 Å². The summed E-state index contributed by atoms with van der Waals surface area (Å²) in [4.78, 5) is 16.6. The van der Waals surface area contributed by atoms with Crippen LogP contribution in [0.25, 0.3) is 0 Å². The normalized spacial score (nSPS) is 10.7. The summed E-state index contributed by atoms with van der Waals surface area (Å²) in [6.45, 7) is 2.00. The van der Waals surface area contributed by atoms with Crippen molar-refractivity contribution in [2.75, 3.05) is 5.32 Å². The molecule has 7 heteroatoms. The number of nitrogens with one attached hydrogen (secondary N) is 1. The Hall–Kier alpha value is -2.12. The lowest BCUT2D eigenvalue weighted by Crippen LogP contribution is -2.12. The molecule has 0 spiro atoms. The van der Waals surface area contributed by atoms with Crippen LogP contribution in [0.4, 0.5) is 5.82 Å². The van der Waals surface area contributed by atoms with E-state index in [1.54, 1.807) is 40.0 Å². The molecule has 0 bridgehead atoms. The third kappa shape index (κ3) is 4.20. The Kier molecular flexibility index (Phi) is 4.78. The smallest absolute Gasteiger partial charge is 0.256 e. The largest absolute Gasteiger partial charge is 0.305 e. The summed E-state index contributed by atoms with van der Waals surface area (Å²) in [5, 5.41) is 8.96. The molecule has 0 radical (unpaired) electrons. The van der Waals surface area contributed by atoms with Crippen molar-refractivity contribution < 1.29 is 4.79 Å². The number of carbonyl (C=O) groups excluding carboxylic acids is 1. The zero-order valence-corrected chi connectivity index (χ0v) is 14.4. The molecule has 0 saturated carbocycles. The maximum absolute atomic E-state index is 12.1. The summed E-state index contributed by atoms with van der Waals surface area (Å²) in [6, 6.07) is 9.38. The Labute approximate surface area is 142 Å². The number of hydrogen-bond acceptors (Lipinski definition) is 5. The van der Waals surface area contributed by atoms with Crippen LogP contribution in [0.15, 0.2) is 46.2 Å². The third-order valence-corrected chi connectivity index (χ3v) is 5.34. The number of rotatable bonds is 5. The number of thioether (sulfide) groups is 1. The van der Waals surface area contributed by atoms with E-state index in [2.05, 4.69) is 15.4 Å². The minimum Gasteiger partial charge on any atom is -0.305 e. The summed E-state index contributed by atoms with van der Waals surface area (Å²) in [6.07, 6.45) is 1.79. The van der Waals surface area contributed by atoms with Crippen LogP contribution in [0.5, 0.6) is 0 Å². The molecule has 23 heavy (non-hydrogen) atoms. The van der Waals surface area contributed by atoms with Crippen LogP contribution in [0.3, 0.4) is 0 Å². The second-order valence-electron chi connectivity index (χ2n) is 5.07. The van der Waals surface area contributed by atoms with E-state index >= 15 is 0 Å². The Morgan fingerprint density at radius 1 is 1.30 bits per heavy atom. The highest BCUT2D eigenvalue weighted by molar-refractivity contribution is 8.00. The van der Waals surface area contributed by atoms with Gasteiger partial charge >= 0.3 is 0 Å². The van der Waals surface area contributed by atoms with E-state index < -0.39 is 0 Å². The van der Waals surface area contributed by atoms with Crippen LogP contribution in [-0.2, 0) is 12.8 Å². The monoisotopic (exact) mass is 344 g/mol. The number of benzene rings is 1. The zero-order valence-electron chi connectivity index (χ0n) is 12.8. The van der Waals surface area contributed by atoms with E-state index in [0.717, 1.165) is 21.3 Å². The lowest BCUT2D eigenvalue weighted by Gasteiger charge is -2.04. The molecule has 3 aromatic rings. The molecule has 3 rings (SSSR count). The average Bonchev–Trinajstić information content (AvgIpc) is 3.14. The SMILES string of the molecule is Cc1csc(SCc2ccc(C(=O)Nc3ccn(C)n3)cc2)n1. The first kappa shape index (κ1) is 15.8. The van der Waals surface area contributed by atoms with Gasteiger partial charge in [0.1, 0.15) is 4.34 Å². The second-order valence-corrected chi connectivity index (χ2v) is 7.15. The fraction of sp³-hybridized carbons (Fsp3) is 0.188. The van der Waals surface area contributed by atoms with Crippen molar-refractivity contribution >= 4 is 34.8 Å². The molecule has 1 N–H and O–H groups in total. The lowest BCUT2D eigenvalue weighted by molar-refractivity contribution is 0.102. The lowest BCUT2D eigenvalue weighted by atomic mass is 10.1. The van der Waals surface area contributed by atoms with E-state index in [9.17, 15) is 4.79 Å². The van der Waals surface area contributed by atoms with Crippen molar-refractivity contribution in [3.05, 3.63) is 58.7 Å². The average molecular weight is 344 g/mol. The number of aromatic nitrogens is 3. The Bertz CT molecular complexity index is 808. The van der Waals surface area contributed by atoms with Crippen molar-refractivity contribution in [3.8, 4) is 0 Å². The van der Waals surface area contributed by atoms with Gasteiger partial charge in [0.15, 0.2) is 5.82 Å². The summed E-state index contributed by atoms with van der Waals surface area (Å²) in [7, 11) is 1.81. The minimum absolute atomic E-state index is 0.154. The number of aryl methyl sites for hydroxylation is 2. The molecule has 2 aromatic heterocycles. The topological polar surface area (TPSA) is 59.8 Å². The first-order valence-corrected chi connectivity index (χ1v) is 8.91. The molecule has 1 amide bonds. The van der Waals surface area contributed by atoms with Crippen LogP contribution < -0.4 is 5.32 Å². The second kappa shape index (κ2) is 6.97. The van der Waals surface area contributed by atoms with Gasteiger partial charge in [-0.25, -0.2) is 4.98 Å². The van der Waals surface area contributed by atoms with Crippen molar-refractivity contribution in [2.24, 2.45) is 7.05 Å². The highest BCUT2D eigenvalue weighted by atomic mass is 32.2. The van der Waals surface area contributed by atoms with Gasteiger partial charge in [-0.05, 0) is 24.6 Å². The number of carbonyl (C=O) groups is 1. The fourth-order valence-corrected chi connectivity index (χ4v) is 3.77. The first-order valence-electron chi connectivity index (χ1n) is 7.05. The number of anilines is 1. The van der Waals surface area contributed by atoms with Gasteiger partial charge in [-0.15, -0.1) is 11.3 Å². The van der Waals surface area contributed by atoms with E-state index in [1.807, 2.05) is 43.6 Å². The van der Waals surface area contributed by atoms with Gasteiger partial charge in [-0.1, -0.05) is 23.9 Å². The molecule has 0 aliphatic carbocycles. The molecular formula is C16H16N4OS2. The van der Waals surface area contributed by atoms with Crippen LogP contribution in [0, 0.1) is 6.92 Å². The summed E-state index contributed by atoms with van der Waals surface area (Å²) >= 11 is 3.37. The maximum atomic E-state index is 12.1. The number of nitrogens with zero attached hydrogens (tertiary/aromatic N) is 3. The molecule has 1 aromatic carbocycles. The Balaban J connectivity index is 1.58. The Morgan fingerprint density at radius 2 is 2.09 bits per heavy atom. The molecule has 0 aliphatic rings. The van der Waals surface area contributed by atoms with Crippen molar-refractivity contribution in [1.29, 1.82) is 0 Å². The number of thiazole rings is 1.